The van der Waals surface area contributed by atoms with Crippen molar-refractivity contribution in [2.24, 2.45) is 11.3 Å². The topological polar surface area (TPSA) is 79.5 Å². The summed E-state index contributed by atoms with van der Waals surface area (Å²) in [4.78, 5) is 23.0. The molecule has 0 aliphatic rings. The molecule has 1 aromatic rings. The molecule has 0 bridgehead atoms. The maximum absolute atomic E-state index is 11.7. The van der Waals surface area contributed by atoms with Gasteiger partial charge in [-0.2, -0.15) is 0 Å². The Bertz CT molecular complexity index is 411. The molecule has 0 radical (unpaired) electrons. The van der Waals surface area contributed by atoms with Gasteiger partial charge in [0.05, 0.1) is 18.2 Å². The average molecular weight is 253 g/mol. The summed E-state index contributed by atoms with van der Waals surface area (Å²) >= 11 is 0. The molecule has 1 aromatic heterocycles. The first-order valence-corrected chi connectivity index (χ1v) is 5.88. The van der Waals surface area contributed by atoms with Gasteiger partial charge in [0, 0.05) is 6.42 Å². The number of amides is 1. The first-order chi connectivity index (χ1) is 8.36. The molecule has 0 saturated heterocycles. The van der Waals surface area contributed by atoms with Crippen LogP contribution in [0, 0.1) is 11.3 Å². The summed E-state index contributed by atoms with van der Waals surface area (Å²) in [5.74, 6) is -0.718. The third-order valence-electron chi connectivity index (χ3n) is 3.33. The SMILES string of the molecule is CC(C)C(C)(CC(=O)NCc1ccco1)C(=O)O. The molecule has 2 N–H and O–H groups in total. The van der Waals surface area contributed by atoms with Crippen LogP contribution < -0.4 is 5.32 Å². The van der Waals surface area contributed by atoms with Crippen LogP contribution in [-0.4, -0.2) is 17.0 Å². The number of hydrogen-bond acceptors (Lipinski definition) is 3. The lowest BCUT2D eigenvalue weighted by Crippen LogP contribution is -2.39. The van der Waals surface area contributed by atoms with E-state index in [4.69, 9.17) is 4.42 Å². The van der Waals surface area contributed by atoms with E-state index in [-0.39, 0.29) is 24.8 Å². The molecule has 0 saturated carbocycles. The fraction of sp³-hybridized carbons (Fsp3) is 0.538. The van der Waals surface area contributed by atoms with Crippen LogP contribution in [0.1, 0.15) is 33.0 Å². The fourth-order valence-corrected chi connectivity index (χ4v) is 1.52. The average Bonchev–Trinajstić information content (AvgIpc) is 2.78. The molecule has 0 aliphatic carbocycles. The van der Waals surface area contributed by atoms with E-state index in [9.17, 15) is 14.7 Å². The monoisotopic (exact) mass is 253 g/mol. The maximum Gasteiger partial charge on any atom is 0.310 e. The minimum atomic E-state index is -1.05. The zero-order chi connectivity index (χ0) is 13.8. The highest BCUT2D eigenvalue weighted by molar-refractivity contribution is 5.84. The highest BCUT2D eigenvalue weighted by atomic mass is 16.4. The van der Waals surface area contributed by atoms with Crippen molar-refractivity contribution in [1.29, 1.82) is 0 Å². The molecule has 0 fully saturated rings. The van der Waals surface area contributed by atoms with Crippen LogP contribution in [0.25, 0.3) is 0 Å². The van der Waals surface area contributed by atoms with Gasteiger partial charge in [-0.15, -0.1) is 0 Å². The van der Waals surface area contributed by atoms with Crippen LogP contribution in [0.2, 0.25) is 0 Å². The maximum atomic E-state index is 11.7. The number of carboxylic acids is 1. The van der Waals surface area contributed by atoms with Crippen molar-refractivity contribution in [2.45, 2.75) is 33.7 Å². The van der Waals surface area contributed by atoms with Crippen molar-refractivity contribution in [2.75, 3.05) is 0 Å². The molecule has 5 nitrogen and oxygen atoms in total. The molecule has 0 spiro atoms. The number of carboxylic acid groups (broad SMARTS) is 1. The molecule has 1 rings (SSSR count). The van der Waals surface area contributed by atoms with E-state index >= 15 is 0 Å². The molecule has 0 aromatic carbocycles. The van der Waals surface area contributed by atoms with Gasteiger partial charge in [-0.1, -0.05) is 13.8 Å². The number of furan rings is 1. The number of rotatable bonds is 6. The van der Waals surface area contributed by atoms with Crippen molar-refractivity contribution in [3.63, 3.8) is 0 Å². The van der Waals surface area contributed by atoms with E-state index in [2.05, 4.69) is 5.32 Å². The van der Waals surface area contributed by atoms with E-state index in [1.54, 1.807) is 32.9 Å². The smallest absolute Gasteiger partial charge is 0.310 e. The lowest BCUT2D eigenvalue weighted by atomic mass is 9.76. The van der Waals surface area contributed by atoms with E-state index in [0.717, 1.165) is 0 Å². The lowest BCUT2D eigenvalue weighted by Gasteiger charge is -2.28. The Morgan fingerprint density at radius 3 is 2.61 bits per heavy atom. The minimum Gasteiger partial charge on any atom is -0.481 e. The zero-order valence-electron chi connectivity index (χ0n) is 10.9. The predicted octanol–water partition coefficient (Wildman–Crippen LogP) is 2.03. The molecule has 100 valence electrons. The third kappa shape index (κ3) is 3.35. The number of aliphatic carboxylic acids is 1. The Balaban J connectivity index is 2.55. The van der Waals surface area contributed by atoms with Crippen LogP contribution in [0.5, 0.6) is 0 Å². The van der Waals surface area contributed by atoms with Crippen LogP contribution in [-0.2, 0) is 16.1 Å². The summed E-state index contributed by atoms with van der Waals surface area (Å²) in [6.45, 7) is 5.47. The lowest BCUT2D eigenvalue weighted by molar-refractivity contribution is -0.153. The highest BCUT2D eigenvalue weighted by Crippen LogP contribution is 2.31. The molecule has 18 heavy (non-hydrogen) atoms. The second-order valence-corrected chi connectivity index (χ2v) is 4.91. The Kier molecular flexibility index (Phi) is 4.53. The molecule has 1 heterocycles. The van der Waals surface area contributed by atoms with Gasteiger partial charge in [0.1, 0.15) is 5.76 Å². The first kappa shape index (κ1) is 14.3. The summed E-state index contributed by atoms with van der Waals surface area (Å²) in [5.41, 5.74) is -1.05. The van der Waals surface area contributed by atoms with E-state index in [0.29, 0.717) is 5.76 Å². The van der Waals surface area contributed by atoms with E-state index in [1.807, 2.05) is 0 Å². The van der Waals surface area contributed by atoms with Crippen LogP contribution in [0.3, 0.4) is 0 Å². The standard InChI is InChI=1S/C13H19NO4/c1-9(2)13(3,12(16)17)7-11(15)14-8-10-5-4-6-18-10/h4-6,9H,7-8H2,1-3H3,(H,14,15)(H,16,17). The second kappa shape index (κ2) is 5.71. The fourth-order valence-electron chi connectivity index (χ4n) is 1.52. The number of carbonyl (C=O) groups excluding carboxylic acids is 1. The summed E-state index contributed by atoms with van der Waals surface area (Å²) in [6, 6.07) is 3.48. The number of carbonyl (C=O) groups is 2. The Labute approximate surface area is 106 Å². The van der Waals surface area contributed by atoms with Crippen LogP contribution >= 0.6 is 0 Å². The van der Waals surface area contributed by atoms with Crippen LogP contribution in [0.4, 0.5) is 0 Å². The van der Waals surface area contributed by atoms with Crippen molar-refractivity contribution in [3.05, 3.63) is 24.2 Å². The molecule has 0 aliphatic heterocycles. The van der Waals surface area contributed by atoms with E-state index in [1.165, 1.54) is 6.26 Å². The largest absolute Gasteiger partial charge is 0.481 e. The van der Waals surface area contributed by atoms with Gasteiger partial charge in [-0.25, -0.2) is 0 Å². The Hall–Kier alpha value is -1.78. The van der Waals surface area contributed by atoms with Crippen molar-refractivity contribution in [1.82, 2.24) is 5.32 Å². The van der Waals surface area contributed by atoms with Crippen molar-refractivity contribution < 1.29 is 19.1 Å². The summed E-state index contributed by atoms with van der Waals surface area (Å²) in [6.07, 6.45) is 1.48. The third-order valence-corrected chi connectivity index (χ3v) is 3.33. The van der Waals surface area contributed by atoms with Crippen LogP contribution in [0.15, 0.2) is 22.8 Å². The molecule has 1 unspecified atom stereocenters. The first-order valence-electron chi connectivity index (χ1n) is 5.88. The molecule has 1 atom stereocenters. The van der Waals surface area contributed by atoms with Gasteiger partial charge in [-0.05, 0) is 25.0 Å². The van der Waals surface area contributed by atoms with Gasteiger partial charge < -0.3 is 14.8 Å². The van der Waals surface area contributed by atoms with Gasteiger partial charge in [0.25, 0.3) is 0 Å². The predicted molar refractivity (Wildman–Crippen MR) is 65.8 cm³/mol. The quantitative estimate of drug-likeness (QED) is 0.813. The van der Waals surface area contributed by atoms with Crippen molar-refractivity contribution >= 4 is 11.9 Å². The van der Waals surface area contributed by atoms with Gasteiger partial charge >= 0.3 is 5.97 Å². The molecular weight excluding hydrogens is 234 g/mol. The Morgan fingerprint density at radius 2 is 2.17 bits per heavy atom. The molecule has 5 heteroatoms. The van der Waals surface area contributed by atoms with Gasteiger partial charge in [-0.3, -0.25) is 9.59 Å². The number of hydrogen-bond donors (Lipinski definition) is 2. The minimum absolute atomic E-state index is 0.0410. The highest BCUT2D eigenvalue weighted by Gasteiger charge is 2.38. The second-order valence-electron chi connectivity index (χ2n) is 4.91. The van der Waals surface area contributed by atoms with Crippen molar-refractivity contribution in [3.8, 4) is 0 Å². The summed E-state index contributed by atoms with van der Waals surface area (Å²) in [5, 5.41) is 11.9. The Morgan fingerprint density at radius 1 is 1.50 bits per heavy atom. The normalized spacial score (nSPS) is 14.2. The molecular formula is C13H19NO4. The summed E-state index contributed by atoms with van der Waals surface area (Å²) < 4.78 is 5.08. The zero-order valence-corrected chi connectivity index (χ0v) is 10.9. The van der Waals surface area contributed by atoms with Gasteiger partial charge in [0.15, 0.2) is 0 Å². The number of nitrogens with one attached hydrogen (secondary N) is 1. The molecule has 1 amide bonds. The van der Waals surface area contributed by atoms with E-state index < -0.39 is 11.4 Å². The van der Waals surface area contributed by atoms with Gasteiger partial charge in [0.2, 0.25) is 5.91 Å². The summed E-state index contributed by atoms with van der Waals surface area (Å²) in [7, 11) is 0.